The highest BCUT2D eigenvalue weighted by Crippen LogP contribution is 2.42. The third-order valence-corrected chi connectivity index (χ3v) is 6.96. The molecule has 1 aliphatic rings. The van der Waals surface area contributed by atoms with E-state index >= 15 is 0 Å². The fourth-order valence-corrected chi connectivity index (χ4v) is 4.90. The van der Waals surface area contributed by atoms with E-state index < -0.39 is 6.04 Å². The minimum absolute atomic E-state index is 0.0801. The number of carbonyl (C=O) groups is 1. The number of amides is 1. The van der Waals surface area contributed by atoms with Crippen molar-refractivity contribution in [3.05, 3.63) is 85.2 Å². The van der Waals surface area contributed by atoms with Crippen LogP contribution in [0.1, 0.15) is 69.2 Å². The van der Waals surface area contributed by atoms with Crippen LogP contribution in [0.2, 0.25) is 0 Å². The predicted octanol–water partition coefficient (Wildman–Crippen LogP) is 5.44. The van der Waals surface area contributed by atoms with Crippen LogP contribution in [0.3, 0.4) is 0 Å². The smallest absolute Gasteiger partial charge is 0.297 e. The van der Waals surface area contributed by atoms with Crippen LogP contribution >= 0.6 is 11.3 Å². The van der Waals surface area contributed by atoms with Crippen molar-refractivity contribution < 1.29 is 9.21 Å². The molecule has 7 heteroatoms. The first-order valence-electron chi connectivity index (χ1n) is 10.6. The largest absolute Gasteiger partial charge is 0.450 e. The molecule has 0 aliphatic carbocycles. The van der Waals surface area contributed by atoms with Crippen molar-refractivity contribution >= 4 is 33.3 Å². The summed E-state index contributed by atoms with van der Waals surface area (Å²) in [5.74, 6) is 0.0894. The normalized spacial score (nSPS) is 15.8. The van der Waals surface area contributed by atoms with Crippen LogP contribution < -0.4 is 10.3 Å². The summed E-state index contributed by atoms with van der Waals surface area (Å²) >= 11 is 1.32. The lowest BCUT2D eigenvalue weighted by Crippen LogP contribution is -2.29. The third-order valence-electron chi connectivity index (χ3n) is 6.13. The third kappa shape index (κ3) is 3.07. The van der Waals surface area contributed by atoms with Crippen LogP contribution in [-0.4, -0.2) is 16.1 Å². The number of hydrogen-bond acceptors (Lipinski definition) is 6. The summed E-state index contributed by atoms with van der Waals surface area (Å²) in [4.78, 5) is 28.8. The predicted molar refractivity (Wildman–Crippen MR) is 126 cm³/mol. The molecule has 0 radical (unpaired) electrons. The molecule has 0 bridgehead atoms. The second-order valence-electron chi connectivity index (χ2n) is 8.61. The highest BCUT2D eigenvalue weighted by atomic mass is 32.1. The summed E-state index contributed by atoms with van der Waals surface area (Å²) in [7, 11) is 0. The molecule has 5 rings (SSSR count). The molecule has 1 unspecified atom stereocenters. The van der Waals surface area contributed by atoms with Gasteiger partial charge in [-0.05, 0) is 61.1 Å². The molecule has 0 spiro atoms. The van der Waals surface area contributed by atoms with Gasteiger partial charge in [-0.2, -0.15) is 0 Å². The minimum Gasteiger partial charge on any atom is -0.450 e. The maximum atomic E-state index is 13.7. The molecule has 6 nitrogen and oxygen atoms in total. The fourth-order valence-electron chi connectivity index (χ4n) is 4.19. The van der Waals surface area contributed by atoms with E-state index in [1.165, 1.54) is 16.9 Å². The molecule has 0 saturated heterocycles. The molecule has 0 saturated carbocycles. The van der Waals surface area contributed by atoms with Gasteiger partial charge in [-0.25, -0.2) is 0 Å². The monoisotopic (exact) mass is 445 g/mol. The number of carbonyl (C=O) groups excluding carboxylic acids is 1. The number of hydrogen-bond donors (Lipinski definition) is 0. The average molecular weight is 446 g/mol. The Hall–Kier alpha value is -3.32. The van der Waals surface area contributed by atoms with Gasteiger partial charge in [-0.15, -0.1) is 10.2 Å². The van der Waals surface area contributed by atoms with Crippen molar-refractivity contribution in [2.45, 2.75) is 46.6 Å². The summed E-state index contributed by atoms with van der Waals surface area (Å²) in [5.41, 5.74) is 4.63. The Balaban J connectivity index is 1.79. The molecule has 162 valence electrons. The quantitative estimate of drug-likeness (QED) is 0.419. The van der Waals surface area contributed by atoms with Crippen LogP contribution in [0.4, 0.5) is 5.13 Å². The summed E-state index contributed by atoms with van der Waals surface area (Å²) in [6.45, 7) is 10.0. The summed E-state index contributed by atoms with van der Waals surface area (Å²) < 4.78 is 6.07. The van der Waals surface area contributed by atoms with Crippen molar-refractivity contribution in [3.8, 4) is 0 Å². The molecule has 1 amide bonds. The topological polar surface area (TPSA) is 76.3 Å². The van der Waals surface area contributed by atoms with E-state index in [9.17, 15) is 9.59 Å². The number of aromatic nitrogens is 2. The summed E-state index contributed by atoms with van der Waals surface area (Å²) in [5, 5.41) is 9.98. The van der Waals surface area contributed by atoms with E-state index in [1.54, 1.807) is 4.90 Å². The van der Waals surface area contributed by atoms with Crippen molar-refractivity contribution in [1.29, 1.82) is 0 Å². The van der Waals surface area contributed by atoms with Crippen molar-refractivity contribution in [2.75, 3.05) is 4.90 Å². The van der Waals surface area contributed by atoms with Crippen LogP contribution in [0.15, 0.2) is 45.6 Å². The van der Waals surface area contributed by atoms with Crippen molar-refractivity contribution in [2.24, 2.45) is 0 Å². The summed E-state index contributed by atoms with van der Waals surface area (Å²) in [6.07, 6.45) is 0. The first-order chi connectivity index (χ1) is 15.3. The zero-order valence-electron chi connectivity index (χ0n) is 18.6. The molecule has 1 aliphatic heterocycles. The van der Waals surface area contributed by atoms with Crippen molar-refractivity contribution in [3.63, 3.8) is 0 Å². The average Bonchev–Trinajstić information content (AvgIpc) is 3.31. The molecule has 32 heavy (non-hydrogen) atoms. The van der Waals surface area contributed by atoms with Gasteiger partial charge < -0.3 is 4.42 Å². The van der Waals surface area contributed by atoms with Crippen LogP contribution in [0.5, 0.6) is 0 Å². The number of benzene rings is 2. The number of nitrogens with zero attached hydrogens (tertiary/aromatic N) is 3. The van der Waals surface area contributed by atoms with E-state index in [-0.39, 0.29) is 17.1 Å². The Kier molecular flexibility index (Phi) is 4.74. The number of anilines is 1. The van der Waals surface area contributed by atoms with E-state index in [4.69, 9.17) is 4.42 Å². The van der Waals surface area contributed by atoms with Gasteiger partial charge in [0.25, 0.3) is 5.91 Å². The summed E-state index contributed by atoms with van der Waals surface area (Å²) in [6, 6.07) is 11.1. The highest BCUT2D eigenvalue weighted by Gasteiger charge is 2.45. The van der Waals surface area contributed by atoms with Gasteiger partial charge in [0.15, 0.2) is 5.43 Å². The Morgan fingerprint density at radius 3 is 2.31 bits per heavy atom. The molecule has 1 atom stereocenters. The molecule has 0 N–H and O–H groups in total. The minimum atomic E-state index is -0.617. The van der Waals surface area contributed by atoms with Crippen molar-refractivity contribution in [1.82, 2.24) is 10.2 Å². The Morgan fingerprint density at radius 2 is 1.69 bits per heavy atom. The molecular formula is C25H23N3O3S. The lowest BCUT2D eigenvalue weighted by Gasteiger charge is -2.22. The number of rotatable bonds is 3. The number of fused-ring (bicyclic) bond motifs is 2. The van der Waals surface area contributed by atoms with Gasteiger partial charge in [0, 0.05) is 0 Å². The first kappa shape index (κ1) is 20.6. The van der Waals surface area contributed by atoms with E-state index in [1.807, 2.05) is 57.2 Å². The van der Waals surface area contributed by atoms with Crippen LogP contribution in [-0.2, 0) is 0 Å². The van der Waals surface area contributed by atoms with Gasteiger partial charge in [0.05, 0.1) is 17.0 Å². The molecule has 2 aromatic heterocycles. The molecule has 2 aromatic carbocycles. The Bertz CT molecular complexity index is 1430. The van der Waals surface area contributed by atoms with Crippen LogP contribution in [0.25, 0.3) is 11.0 Å². The molecule has 4 aromatic rings. The standard InChI is InChI=1S/C25H23N3O3S/c1-12(2)16-6-8-17(9-7-16)21-20-22(29)18-10-13(3)14(4)11-19(18)31-23(20)24(30)28(21)25-27-26-15(5)32-25/h6-12,21H,1-5H3. The lowest BCUT2D eigenvalue weighted by atomic mass is 9.95. The van der Waals surface area contributed by atoms with Crippen LogP contribution in [0, 0.1) is 20.8 Å². The van der Waals surface area contributed by atoms with E-state index in [0.717, 1.165) is 21.7 Å². The molecular weight excluding hydrogens is 422 g/mol. The molecule has 3 heterocycles. The first-order valence-corrected chi connectivity index (χ1v) is 11.4. The van der Waals surface area contributed by atoms with E-state index in [0.29, 0.717) is 27.6 Å². The zero-order valence-corrected chi connectivity index (χ0v) is 19.4. The SMILES string of the molecule is Cc1nnc(N2C(=O)c3oc4cc(C)c(C)cc4c(=O)c3C2c2ccc(C(C)C)cc2)s1. The van der Waals surface area contributed by atoms with E-state index in [2.05, 4.69) is 24.0 Å². The van der Waals surface area contributed by atoms with Gasteiger partial charge in [0.1, 0.15) is 10.6 Å². The Morgan fingerprint density at radius 1 is 1.00 bits per heavy atom. The highest BCUT2D eigenvalue weighted by molar-refractivity contribution is 7.15. The number of aryl methyl sites for hydroxylation is 3. The van der Waals surface area contributed by atoms with Gasteiger partial charge in [0.2, 0.25) is 10.9 Å². The van der Waals surface area contributed by atoms with Gasteiger partial charge in [-0.1, -0.05) is 49.4 Å². The second kappa shape index (κ2) is 7.38. The maximum absolute atomic E-state index is 13.7. The van der Waals surface area contributed by atoms with Gasteiger partial charge >= 0.3 is 0 Å². The van der Waals surface area contributed by atoms with Gasteiger partial charge in [-0.3, -0.25) is 14.5 Å². The lowest BCUT2D eigenvalue weighted by molar-refractivity contribution is 0.0970. The zero-order chi connectivity index (χ0) is 22.7. The fraction of sp³-hybridized carbons (Fsp3) is 0.280. The maximum Gasteiger partial charge on any atom is 0.297 e. The second-order valence-corrected chi connectivity index (χ2v) is 9.77. The molecule has 0 fully saturated rings. The Labute approximate surface area is 189 Å².